The number of nitrogens with zero attached hydrogens (tertiary/aromatic N) is 2. The van der Waals surface area contributed by atoms with Crippen molar-refractivity contribution < 1.29 is 14.3 Å². The molecule has 0 bridgehead atoms. The lowest BCUT2D eigenvalue weighted by molar-refractivity contribution is 0.122. The quantitative estimate of drug-likeness (QED) is 0.656. The van der Waals surface area contributed by atoms with Crippen LogP contribution in [0.3, 0.4) is 0 Å². The van der Waals surface area contributed by atoms with Gasteiger partial charge in [0.15, 0.2) is 5.13 Å². The number of hydrogen-bond donors (Lipinski definition) is 2. The average molecular weight is 410 g/mol. The van der Waals surface area contributed by atoms with Gasteiger partial charge in [-0.3, -0.25) is 0 Å². The first-order valence-corrected chi connectivity index (χ1v) is 10.2. The number of thiazole rings is 1. The van der Waals surface area contributed by atoms with Crippen LogP contribution in [-0.2, 0) is 4.74 Å². The molecule has 0 atom stereocenters. The Hall–Kier alpha value is -3.10. The van der Waals surface area contributed by atoms with Crippen molar-refractivity contribution in [1.29, 1.82) is 0 Å². The number of methoxy groups -OCH3 is 1. The number of ether oxygens (including phenoxy) is 2. The van der Waals surface area contributed by atoms with Crippen molar-refractivity contribution in [1.82, 2.24) is 4.98 Å². The Balaban J connectivity index is 1.36. The third kappa shape index (κ3) is 4.85. The summed E-state index contributed by atoms with van der Waals surface area (Å²) in [7, 11) is 1.61. The van der Waals surface area contributed by atoms with E-state index in [1.807, 2.05) is 24.3 Å². The molecule has 0 radical (unpaired) electrons. The highest BCUT2D eigenvalue weighted by Crippen LogP contribution is 2.28. The molecule has 29 heavy (non-hydrogen) atoms. The number of carbonyl (C=O) groups excluding carboxylic acids is 1. The Bertz CT molecular complexity index is 951. The molecule has 2 heterocycles. The molecule has 0 aliphatic carbocycles. The number of morpholine rings is 1. The van der Waals surface area contributed by atoms with Gasteiger partial charge in [-0.2, -0.15) is 0 Å². The zero-order chi connectivity index (χ0) is 20.1. The molecule has 7 nitrogen and oxygen atoms in total. The van der Waals surface area contributed by atoms with E-state index in [0.717, 1.165) is 48.4 Å². The van der Waals surface area contributed by atoms with Gasteiger partial charge in [0.05, 0.1) is 26.0 Å². The summed E-state index contributed by atoms with van der Waals surface area (Å²) in [6.45, 7) is 3.24. The molecule has 150 valence electrons. The largest absolute Gasteiger partial charge is 0.497 e. The number of hydrogen-bond acceptors (Lipinski definition) is 6. The smallest absolute Gasteiger partial charge is 0.323 e. The van der Waals surface area contributed by atoms with Crippen molar-refractivity contribution in [3.05, 3.63) is 53.9 Å². The second kappa shape index (κ2) is 8.93. The molecule has 1 aromatic heterocycles. The van der Waals surface area contributed by atoms with Gasteiger partial charge in [0.1, 0.15) is 5.75 Å². The van der Waals surface area contributed by atoms with Gasteiger partial charge in [-0.25, -0.2) is 9.78 Å². The molecular weight excluding hydrogens is 388 g/mol. The lowest BCUT2D eigenvalue weighted by atomic mass is 10.1. The van der Waals surface area contributed by atoms with E-state index in [1.54, 1.807) is 42.7 Å². The summed E-state index contributed by atoms with van der Waals surface area (Å²) in [5, 5.41) is 8.71. The second-order valence-corrected chi connectivity index (χ2v) is 7.34. The van der Waals surface area contributed by atoms with E-state index in [-0.39, 0.29) is 6.03 Å². The molecule has 4 rings (SSSR count). The Morgan fingerprint density at radius 3 is 2.28 bits per heavy atom. The molecule has 1 saturated heterocycles. The van der Waals surface area contributed by atoms with Crippen LogP contribution in [0.2, 0.25) is 0 Å². The molecule has 8 heteroatoms. The molecule has 1 fully saturated rings. The number of urea groups is 1. The standard InChI is InChI=1S/C21H22N4O3S/c1-27-18-8-6-17(7-9-18)23-20(26)22-16-4-2-15(3-5-16)19-14-29-21(24-19)25-10-12-28-13-11-25/h2-9,14H,10-13H2,1H3,(H2,22,23,26). The van der Waals surface area contributed by atoms with Crippen molar-refractivity contribution in [2.75, 3.05) is 48.9 Å². The molecule has 2 aromatic carbocycles. The first kappa shape index (κ1) is 19.2. The minimum Gasteiger partial charge on any atom is -0.497 e. The van der Waals surface area contributed by atoms with E-state index >= 15 is 0 Å². The summed E-state index contributed by atoms with van der Waals surface area (Å²) in [5.41, 5.74) is 3.36. The van der Waals surface area contributed by atoms with Crippen molar-refractivity contribution >= 4 is 33.9 Å². The molecule has 3 aromatic rings. The molecule has 0 spiro atoms. The first-order chi connectivity index (χ1) is 14.2. The molecule has 2 N–H and O–H groups in total. The maximum Gasteiger partial charge on any atom is 0.323 e. The van der Waals surface area contributed by atoms with E-state index in [2.05, 4.69) is 20.9 Å². The summed E-state index contributed by atoms with van der Waals surface area (Å²) < 4.78 is 10.5. The van der Waals surface area contributed by atoms with Crippen LogP contribution in [-0.4, -0.2) is 44.4 Å². The van der Waals surface area contributed by atoms with E-state index in [4.69, 9.17) is 14.5 Å². The van der Waals surface area contributed by atoms with Gasteiger partial charge in [0, 0.05) is 35.4 Å². The Morgan fingerprint density at radius 2 is 1.66 bits per heavy atom. The van der Waals surface area contributed by atoms with Gasteiger partial charge in [0.2, 0.25) is 0 Å². The zero-order valence-electron chi connectivity index (χ0n) is 16.1. The summed E-state index contributed by atoms with van der Waals surface area (Å²) in [5.74, 6) is 0.741. The number of benzene rings is 2. The Kier molecular flexibility index (Phi) is 5.92. The number of rotatable bonds is 5. The van der Waals surface area contributed by atoms with Crippen molar-refractivity contribution in [3.8, 4) is 17.0 Å². The van der Waals surface area contributed by atoms with Gasteiger partial charge in [0.25, 0.3) is 0 Å². The molecule has 2 amide bonds. The highest BCUT2D eigenvalue weighted by molar-refractivity contribution is 7.14. The molecule has 1 aliphatic rings. The van der Waals surface area contributed by atoms with Crippen molar-refractivity contribution in [2.24, 2.45) is 0 Å². The van der Waals surface area contributed by atoms with Crippen LogP contribution in [0, 0.1) is 0 Å². The van der Waals surface area contributed by atoms with Crippen molar-refractivity contribution in [3.63, 3.8) is 0 Å². The first-order valence-electron chi connectivity index (χ1n) is 9.32. The van der Waals surface area contributed by atoms with E-state index in [0.29, 0.717) is 11.4 Å². The predicted octanol–water partition coefficient (Wildman–Crippen LogP) is 4.30. The SMILES string of the molecule is COc1ccc(NC(=O)Nc2ccc(-c3csc(N4CCOCC4)n3)cc2)cc1. The van der Waals surface area contributed by atoms with E-state index < -0.39 is 0 Å². The fourth-order valence-corrected chi connectivity index (χ4v) is 3.88. The lowest BCUT2D eigenvalue weighted by Crippen LogP contribution is -2.36. The van der Waals surface area contributed by atoms with Gasteiger partial charge < -0.3 is 25.0 Å². The van der Waals surface area contributed by atoms with Gasteiger partial charge in [-0.15, -0.1) is 11.3 Å². The summed E-state index contributed by atoms with van der Waals surface area (Å²) >= 11 is 1.64. The number of aromatic nitrogens is 1. The molecular formula is C21H22N4O3S. The summed E-state index contributed by atoms with van der Waals surface area (Å²) in [6.07, 6.45) is 0. The van der Waals surface area contributed by atoms with E-state index in [9.17, 15) is 4.79 Å². The van der Waals surface area contributed by atoms with Crippen LogP contribution in [0.5, 0.6) is 5.75 Å². The topological polar surface area (TPSA) is 75.7 Å². The van der Waals surface area contributed by atoms with Crippen molar-refractivity contribution in [2.45, 2.75) is 0 Å². The third-order valence-corrected chi connectivity index (χ3v) is 5.46. The third-order valence-electron chi connectivity index (χ3n) is 4.56. The predicted molar refractivity (Wildman–Crippen MR) is 116 cm³/mol. The van der Waals surface area contributed by atoms with Crippen LogP contribution in [0.15, 0.2) is 53.9 Å². The summed E-state index contributed by atoms with van der Waals surface area (Å²) in [6, 6.07) is 14.5. The van der Waals surface area contributed by atoms with Crippen LogP contribution >= 0.6 is 11.3 Å². The number of nitrogens with one attached hydrogen (secondary N) is 2. The zero-order valence-corrected chi connectivity index (χ0v) is 16.9. The van der Waals surface area contributed by atoms with E-state index in [1.165, 1.54) is 0 Å². The maximum absolute atomic E-state index is 12.2. The minimum absolute atomic E-state index is 0.300. The lowest BCUT2D eigenvalue weighted by Gasteiger charge is -2.26. The van der Waals surface area contributed by atoms with Gasteiger partial charge in [-0.1, -0.05) is 12.1 Å². The number of anilines is 3. The second-order valence-electron chi connectivity index (χ2n) is 6.50. The molecule has 0 unspecified atom stereocenters. The monoisotopic (exact) mass is 410 g/mol. The Morgan fingerprint density at radius 1 is 1.03 bits per heavy atom. The Labute approximate surface area is 173 Å². The average Bonchev–Trinajstić information content (AvgIpc) is 3.26. The minimum atomic E-state index is -0.300. The highest BCUT2D eigenvalue weighted by Gasteiger charge is 2.15. The normalized spacial score (nSPS) is 13.8. The number of amides is 2. The van der Waals surface area contributed by atoms with Gasteiger partial charge >= 0.3 is 6.03 Å². The van der Waals surface area contributed by atoms with Crippen LogP contribution in [0.1, 0.15) is 0 Å². The maximum atomic E-state index is 12.2. The van der Waals surface area contributed by atoms with Crippen LogP contribution < -0.4 is 20.3 Å². The summed E-state index contributed by atoms with van der Waals surface area (Å²) in [4.78, 5) is 19.2. The number of carbonyl (C=O) groups is 1. The molecule has 0 saturated carbocycles. The van der Waals surface area contributed by atoms with Crippen LogP contribution in [0.25, 0.3) is 11.3 Å². The van der Waals surface area contributed by atoms with Gasteiger partial charge in [-0.05, 0) is 36.4 Å². The van der Waals surface area contributed by atoms with Crippen LogP contribution in [0.4, 0.5) is 21.3 Å². The fourth-order valence-electron chi connectivity index (χ4n) is 2.99. The molecule has 1 aliphatic heterocycles. The highest BCUT2D eigenvalue weighted by atomic mass is 32.1. The fraction of sp³-hybridized carbons (Fsp3) is 0.238.